The minimum absolute atomic E-state index is 0.180. The first-order valence-corrected chi connectivity index (χ1v) is 8.30. The molecular weight excluding hydrogens is 234 g/mol. The Balaban J connectivity index is 1.72. The fraction of sp³-hybridized carbons (Fsp3) is 1.00. The standard InChI is InChI=1S/C17H33NO/c1-5-16(2,3)14-7-9-15(10-8-14)18-13-17(19-4)11-6-12-17/h14-15,18H,5-13H2,1-4H3. The molecule has 0 aromatic heterocycles. The lowest BCUT2D eigenvalue weighted by atomic mass is 9.69. The molecule has 0 spiro atoms. The molecule has 2 aliphatic carbocycles. The Labute approximate surface area is 119 Å². The Morgan fingerprint density at radius 3 is 2.21 bits per heavy atom. The van der Waals surface area contributed by atoms with Gasteiger partial charge < -0.3 is 10.1 Å². The van der Waals surface area contributed by atoms with Crippen LogP contribution in [0.1, 0.15) is 72.1 Å². The van der Waals surface area contributed by atoms with Crippen molar-refractivity contribution in [1.29, 1.82) is 0 Å². The molecule has 0 unspecified atom stereocenters. The molecule has 0 bridgehead atoms. The van der Waals surface area contributed by atoms with Crippen molar-refractivity contribution in [3.8, 4) is 0 Å². The smallest absolute Gasteiger partial charge is 0.0802 e. The quantitative estimate of drug-likeness (QED) is 0.781. The van der Waals surface area contributed by atoms with E-state index in [4.69, 9.17) is 4.74 Å². The second-order valence-corrected chi connectivity index (χ2v) is 7.51. The maximum Gasteiger partial charge on any atom is 0.0802 e. The van der Waals surface area contributed by atoms with Crippen LogP contribution in [0.3, 0.4) is 0 Å². The molecule has 19 heavy (non-hydrogen) atoms. The highest BCUT2D eigenvalue weighted by molar-refractivity contribution is 4.93. The van der Waals surface area contributed by atoms with E-state index in [2.05, 4.69) is 26.1 Å². The average molecular weight is 267 g/mol. The molecule has 0 saturated heterocycles. The first-order chi connectivity index (χ1) is 9.01. The summed E-state index contributed by atoms with van der Waals surface area (Å²) in [6, 6.07) is 0.733. The van der Waals surface area contributed by atoms with Crippen LogP contribution in [0.25, 0.3) is 0 Å². The van der Waals surface area contributed by atoms with E-state index >= 15 is 0 Å². The lowest BCUT2D eigenvalue weighted by Gasteiger charge is -2.43. The lowest BCUT2D eigenvalue weighted by molar-refractivity contribution is -0.0718. The maximum atomic E-state index is 5.70. The molecule has 0 aromatic carbocycles. The van der Waals surface area contributed by atoms with Crippen molar-refractivity contribution in [1.82, 2.24) is 5.32 Å². The summed E-state index contributed by atoms with van der Waals surface area (Å²) in [6.07, 6.45) is 10.7. The molecule has 2 aliphatic rings. The van der Waals surface area contributed by atoms with Crippen LogP contribution in [0.2, 0.25) is 0 Å². The van der Waals surface area contributed by atoms with Crippen LogP contribution in [-0.4, -0.2) is 25.3 Å². The zero-order valence-corrected chi connectivity index (χ0v) is 13.4. The minimum atomic E-state index is 0.180. The van der Waals surface area contributed by atoms with Crippen LogP contribution in [0, 0.1) is 11.3 Å². The van der Waals surface area contributed by atoms with Crippen LogP contribution >= 0.6 is 0 Å². The van der Waals surface area contributed by atoms with Crippen molar-refractivity contribution < 1.29 is 4.74 Å². The van der Waals surface area contributed by atoms with Gasteiger partial charge in [-0.05, 0) is 56.3 Å². The van der Waals surface area contributed by atoms with Crippen LogP contribution in [-0.2, 0) is 4.74 Å². The fourth-order valence-electron chi connectivity index (χ4n) is 3.72. The summed E-state index contributed by atoms with van der Waals surface area (Å²) in [5.74, 6) is 0.927. The van der Waals surface area contributed by atoms with Crippen LogP contribution in [0.15, 0.2) is 0 Å². The number of nitrogens with one attached hydrogen (secondary N) is 1. The van der Waals surface area contributed by atoms with E-state index in [0.717, 1.165) is 18.5 Å². The van der Waals surface area contributed by atoms with E-state index < -0.39 is 0 Å². The highest BCUT2D eigenvalue weighted by Gasteiger charge is 2.38. The van der Waals surface area contributed by atoms with Gasteiger partial charge in [0.2, 0.25) is 0 Å². The van der Waals surface area contributed by atoms with Gasteiger partial charge >= 0.3 is 0 Å². The fourth-order valence-corrected chi connectivity index (χ4v) is 3.72. The van der Waals surface area contributed by atoms with E-state index in [0.29, 0.717) is 5.41 Å². The molecule has 2 saturated carbocycles. The lowest BCUT2D eigenvalue weighted by Crippen LogP contribution is -2.51. The van der Waals surface area contributed by atoms with Gasteiger partial charge in [0.05, 0.1) is 5.60 Å². The molecule has 2 heteroatoms. The van der Waals surface area contributed by atoms with E-state index in [9.17, 15) is 0 Å². The SMILES string of the molecule is CCC(C)(C)C1CCC(NCC2(OC)CCC2)CC1. The average Bonchev–Trinajstić information content (AvgIpc) is 2.38. The highest BCUT2D eigenvalue weighted by atomic mass is 16.5. The Bertz CT molecular complexity index is 269. The number of hydrogen-bond donors (Lipinski definition) is 1. The Kier molecular flexibility index (Phi) is 4.94. The monoisotopic (exact) mass is 267 g/mol. The Morgan fingerprint density at radius 2 is 1.79 bits per heavy atom. The second-order valence-electron chi connectivity index (χ2n) is 7.51. The van der Waals surface area contributed by atoms with Gasteiger partial charge in [-0.25, -0.2) is 0 Å². The molecule has 0 heterocycles. The Hall–Kier alpha value is -0.0800. The third kappa shape index (κ3) is 3.52. The van der Waals surface area contributed by atoms with E-state index in [1.165, 1.54) is 51.4 Å². The zero-order chi connectivity index (χ0) is 13.9. The van der Waals surface area contributed by atoms with E-state index in [-0.39, 0.29) is 5.60 Å². The molecular formula is C17H33NO. The van der Waals surface area contributed by atoms with Crippen LogP contribution < -0.4 is 5.32 Å². The second kappa shape index (κ2) is 6.13. The first kappa shape index (κ1) is 15.3. The minimum Gasteiger partial charge on any atom is -0.377 e. The molecule has 112 valence electrons. The van der Waals surface area contributed by atoms with Crippen molar-refractivity contribution in [3.05, 3.63) is 0 Å². The molecule has 0 amide bonds. The summed E-state index contributed by atoms with van der Waals surface area (Å²) in [6.45, 7) is 8.29. The Morgan fingerprint density at radius 1 is 1.16 bits per heavy atom. The van der Waals surface area contributed by atoms with Crippen molar-refractivity contribution in [2.24, 2.45) is 11.3 Å². The largest absolute Gasteiger partial charge is 0.377 e. The van der Waals surface area contributed by atoms with Gasteiger partial charge in [-0.2, -0.15) is 0 Å². The van der Waals surface area contributed by atoms with Crippen LogP contribution in [0.4, 0.5) is 0 Å². The van der Waals surface area contributed by atoms with Gasteiger partial charge in [-0.3, -0.25) is 0 Å². The summed E-state index contributed by atoms with van der Waals surface area (Å²) in [4.78, 5) is 0. The number of ether oxygens (including phenoxy) is 1. The molecule has 0 atom stereocenters. The zero-order valence-electron chi connectivity index (χ0n) is 13.4. The van der Waals surface area contributed by atoms with Crippen molar-refractivity contribution in [3.63, 3.8) is 0 Å². The third-order valence-electron chi connectivity index (χ3n) is 6.15. The van der Waals surface area contributed by atoms with E-state index in [1.54, 1.807) is 0 Å². The van der Waals surface area contributed by atoms with Crippen molar-refractivity contribution in [2.45, 2.75) is 83.8 Å². The number of hydrogen-bond acceptors (Lipinski definition) is 2. The highest BCUT2D eigenvalue weighted by Crippen LogP contribution is 2.41. The summed E-state index contributed by atoms with van der Waals surface area (Å²) in [5.41, 5.74) is 0.715. The van der Waals surface area contributed by atoms with Gasteiger partial charge in [0.15, 0.2) is 0 Å². The van der Waals surface area contributed by atoms with Gasteiger partial charge in [0, 0.05) is 19.7 Å². The van der Waals surface area contributed by atoms with Crippen molar-refractivity contribution in [2.75, 3.05) is 13.7 Å². The predicted molar refractivity (Wildman–Crippen MR) is 81.4 cm³/mol. The van der Waals surface area contributed by atoms with Crippen molar-refractivity contribution >= 4 is 0 Å². The summed E-state index contributed by atoms with van der Waals surface area (Å²) >= 11 is 0. The topological polar surface area (TPSA) is 21.3 Å². The molecule has 2 fully saturated rings. The summed E-state index contributed by atoms with van der Waals surface area (Å²) in [7, 11) is 1.88. The van der Waals surface area contributed by atoms with Gasteiger partial charge in [0.1, 0.15) is 0 Å². The number of rotatable bonds is 6. The maximum absolute atomic E-state index is 5.70. The van der Waals surface area contributed by atoms with Crippen LogP contribution in [0.5, 0.6) is 0 Å². The first-order valence-electron chi connectivity index (χ1n) is 8.30. The summed E-state index contributed by atoms with van der Waals surface area (Å²) in [5, 5.41) is 3.78. The molecule has 0 aliphatic heterocycles. The van der Waals surface area contributed by atoms with Gasteiger partial charge in [-0.1, -0.05) is 27.2 Å². The van der Waals surface area contributed by atoms with Gasteiger partial charge in [-0.15, -0.1) is 0 Å². The molecule has 0 radical (unpaired) electrons. The normalized spacial score (nSPS) is 30.9. The molecule has 1 N–H and O–H groups in total. The molecule has 0 aromatic rings. The molecule has 2 rings (SSSR count). The van der Waals surface area contributed by atoms with E-state index in [1.807, 2.05) is 7.11 Å². The predicted octanol–water partition coefficient (Wildman–Crippen LogP) is 4.14. The summed E-state index contributed by atoms with van der Waals surface area (Å²) < 4.78 is 5.70. The third-order valence-corrected chi connectivity index (χ3v) is 6.15. The van der Waals surface area contributed by atoms with Gasteiger partial charge in [0.25, 0.3) is 0 Å². The molecule has 2 nitrogen and oxygen atoms in total. The number of methoxy groups -OCH3 is 1.